The van der Waals surface area contributed by atoms with Gasteiger partial charge in [-0.05, 0) is 49.9 Å². The first-order chi connectivity index (χ1) is 9.79. The Kier molecular flexibility index (Phi) is 5.87. The largest absolute Gasteiger partial charge is 0.481 e. The number of rotatable bonds is 6. The number of nitrogens with one attached hydrogen (secondary N) is 2. The van der Waals surface area contributed by atoms with Crippen LogP contribution in [0.15, 0.2) is 24.3 Å². The van der Waals surface area contributed by atoms with Gasteiger partial charge in [0.05, 0.1) is 0 Å². The van der Waals surface area contributed by atoms with Crippen LogP contribution in [0.3, 0.4) is 0 Å². The molecule has 1 amide bonds. The fraction of sp³-hybridized carbons (Fsp3) is 0.562. The van der Waals surface area contributed by atoms with E-state index >= 15 is 0 Å². The van der Waals surface area contributed by atoms with E-state index in [9.17, 15) is 4.79 Å². The summed E-state index contributed by atoms with van der Waals surface area (Å²) in [4.78, 5) is 11.8. The lowest BCUT2D eigenvalue weighted by Gasteiger charge is -2.16. The molecule has 4 nitrogen and oxygen atoms in total. The van der Waals surface area contributed by atoms with E-state index in [1.54, 1.807) is 0 Å². The van der Waals surface area contributed by atoms with Gasteiger partial charge in [-0.25, -0.2) is 0 Å². The first-order valence-corrected chi connectivity index (χ1v) is 7.53. The van der Waals surface area contributed by atoms with Crippen molar-refractivity contribution in [3.05, 3.63) is 29.8 Å². The molecule has 0 aliphatic carbocycles. The molecule has 0 saturated carbocycles. The van der Waals surface area contributed by atoms with Crippen molar-refractivity contribution in [2.45, 2.75) is 45.3 Å². The van der Waals surface area contributed by atoms with Crippen LogP contribution in [0.25, 0.3) is 0 Å². The molecular weight excluding hydrogens is 252 g/mol. The summed E-state index contributed by atoms with van der Waals surface area (Å²) in [5, 5.41) is 6.25. The van der Waals surface area contributed by atoms with Gasteiger partial charge in [-0.2, -0.15) is 0 Å². The van der Waals surface area contributed by atoms with Crippen molar-refractivity contribution in [1.82, 2.24) is 10.6 Å². The molecule has 1 aliphatic heterocycles. The molecule has 2 rings (SSSR count). The van der Waals surface area contributed by atoms with Crippen molar-refractivity contribution in [3.63, 3.8) is 0 Å². The van der Waals surface area contributed by atoms with Crippen molar-refractivity contribution in [2.75, 3.05) is 13.1 Å². The number of carbonyl (C=O) groups is 1. The molecule has 1 aliphatic rings. The van der Waals surface area contributed by atoms with E-state index in [4.69, 9.17) is 4.74 Å². The summed E-state index contributed by atoms with van der Waals surface area (Å²) in [7, 11) is 0. The molecule has 1 atom stereocenters. The third-order valence-electron chi connectivity index (χ3n) is 3.44. The maximum Gasteiger partial charge on any atom is 0.261 e. The second kappa shape index (κ2) is 7.90. The molecule has 1 fully saturated rings. The molecule has 20 heavy (non-hydrogen) atoms. The summed E-state index contributed by atoms with van der Waals surface area (Å²) in [6, 6.07) is 7.99. The maximum absolute atomic E-state index is 11.8. The van der Waals surface area contributed by atoms with E-state index in [2.05, 4.69) is 17.6 Å². The van der Waals surface area contributed by atoms with Crippen LogP contribution in [0.4, 0.5) is 0 Å². The van der Waals surface area contributed by atoms with Gasteiger partial charge in [-0.1, -0.05) is 19.1 Å². The Bertz CT molecular complexity index is 417. The predicted octanol–water partition coefficient (Wildman–Crippen LogP) is 2.23. The van der Waals surface area contributed by atoms with E-state index in [-0.39, 0.29) is 12.0 Å². The Morgan fingerprint density at radius 3 is 2.85 bits per heavy atom. The Balaban J connectivity index is 1.87. The number of ether oxygens (including phenoxy) is 1. The van der Waals surface area contributed by atoms with E-state index in [1.807, 2.05) is 24.3 Å². The third-order valence-corrected chi connectivity index (χ3v) is 3.44. The van der Waals surface area contributed by atoms with Gasteiger partial charge in [0.15, 0.2) is 6.10 Å². The summed E-state index contributed by atoms with van der Waals surface area (Å²) in [5.74, 6) is 0.780. The minimum Gasteiger partial charge on any atom is -0.481 e. The molecular formula is C16H24N2O2. The quantitative estimate of drug-likeness (QED) is 0.783. The number of hydrogen-bond acceptors (Lipinski definition) is 3. The summed E-state index contributed by atoms with van der Waals surface area (Å²) in [5.41, 5.74) is 1.23. The van der Waals surface area contributed by atoms with Crippen LogP contribution >= 0.6 is 0 Å². The van der Waals surface area contributed by atoms with Gasteiger partial charge >= 0.3 is 0 Å². The summed E-state index contributed by atoms with van der Waals surface area (Å²) in [6.45, 7) is 4.82. The number of amides is 1. The van der Waals surface area contributed by atoms with E-state index in [0.717, 1.165) is 51.1 Å². The monoisotopic (exact) mass is 276 g/mol. The molecule has 0 radical (unpaired) electrons. The smallest absolute Gasteiger partial charge is 0.261 e. The minimum absolute atomic E-state index is 0.0104. The molecule has 110 valence electrons. The fourth-order valence-electron chi connectivity index (χ4n) is 2.28. The van der Waals surface area contributed by atoms with E-state index in [0.29, 0.717) is 0 Å². The Morgan fingerprint density at radius 1 is 1.30 bits per heavy atom. The van der Waals surface area contributed by atoms with E-state index < -0.39 is 0 Å². The molecule has 4 heteroatoms. The van der Waals surface area contributed by atoms with Crippen LogP contribution in [0.2, 0.25) is 0 Å². The zero-order valence-corrected chi connectivity index (χ0v) is 12.2. The Hall–Kier alpha value is -1.55. The van der Waals surface area contributed by atoms with Gasteiger partial charge in [0.25, 0.3) is 5.91 Å². The molecule has 0 aromatic heterocycles. The number of benzene rings is 1. The highest BCUT2D eigenvalue weighted by Crippen LogP contribution is 2.17. The van der Waals surface area contributed by atoms with Gasteiger partial charge in [-0.3, -0.25) is 4.79 Å². The topological polar surface area (TPSA) is 50.4 Å². The average Bonchev–Trinajstić information content (AvgIpc) is 2.66. The number of hydrogen-bond donors (Lipinski definition) is 2. The average molecular weight is 276 g/mol. The Morgan fingerprint density at radius 2 is 2.10 bits per heavy atom. The van der Waals surface area contributed by atoms with Crippen LogP contribution in [-0.4, -0.2) is 25.1 Å². The lowest BCUT2D eigenvalue weighted by molar-refractivity contribution is -0.127. The molecule has 1 aromatic rings. The fourth-order valence-corrected chi connectivity index (χ4v) is 2.28. The molecule has 0 bridgehead atoms. The first-order valence-electron chi connectivity index (χ1n) is 7.53. The third kappa shape index (κ3) is 4.53. The molecule has 2 N–H and O–H groups in total. The van der Waals surface area contributed by atoms with Crippen molar-refractivity contribution in [3.8, 4) is 5.75 Å². The van der Waals surface area contributed by atoms with Crippen molar-refractivity contribution >= 4 is 5.91 Å². The molecule has 1 heterocycles. The van der Waals surface area contributed by atoms with Crippen LogP contribution in [0, 0.1) is 0 Å². The number of carbonyl (C=O) groups excluding carboxylic acids is 1. The summed E-state index contributed by atoms with van der Waals surface area (Å²) < 4.78 is 5.80. The standard InChI is InChI=1S/C16H24N2O2/c1-2-10-17-12-13-6-8-14(9-7-13)20-15-5-3-4-11-18-16(15)19/h6-9,15,17H,2-5,10-12H2,1H3,(H,18,19). The highest BCUT2D eigenvalue weighted by Gasteiger charge is 2.22. The first kappa shape index (κ1) is 14.9. The zero-order chi connectivity index (χ0) is 14.2. The second-order valence-corrected chi connectivity index (χ2v) is 5.21. The van der Waals surface area contributed by atoms with Crippen LogP contribution in [0.1, 0.15) is 38.2 Å². The minimum atomic E-state index is -0.346. The zero-order valence-electron chi connectivity index (χ0n) is 12.2. The molecule has 1 unspecified atom stereocenters. The van der Waals surface area contributed by atoms with Crippen LogP contribution < -0.4 is 15.4 Å². The van der Waals surface area contributed by atoms with Gasteiger partial charge in [-0.15, -0.1) is 0 Å². The molecule has 1 aromatic carbocycles. The lowest BCUT2D eigenvalue weighted by atomic mass is 10.1. The maximum atomic E-state index is 11.8. The predicted molar refractivity (Wildman–Crippen MR) is 79.7 cm³/mol. The SMILES string of the molecule is CCCNCc1ccc(OC2CCCCNC2=O)cc1. The van der Waals surface area contributed by atoms with Crippen molar-refractivity contribution in [2.24, 2.45) is 0 Å². The summed E-state index contributed by atoms with van der Waals surface area (Å²) >= 11 is 0. The summed E-state index contributed by atoms with van der Waals surface area (Å²) in [6.07, 6.45) is 3.65. The van der Waals surface area contributed by atoms with Crippen LogP contribution in [0.5, 0.6) is 5.75 Å². The highest BCUT2D eigenvalue weighted by molar-refractivity contribution is 5.81. The molecule has 1 saturated heterocycles. The van der Waals surface area contributed by atoms with Crippen molar-refractivity contribution in [1.29, 1.82) is 0 Å². The van der Waals surface area contributed by atoms with Gasteiger partial charge in [0.2, 0.25) is 0 Å². The normalized spacial score (nSPS) is 19.2. The highest BCUT2D eigenvalue weighted by atomic mass is 16.5. The van der Waals surface area contributed by atoms with Gasteiger partial charge in [0, 0.05) is 13.1 Å². The Labute approximate surface area is 120 Å². The van der Waals surface area contributed by atoms with Crippen LogP contribution in [-0.2, 0) is 11.3 Å². The lowest BCUT2D eigenvalue weighted by Crippen LogP contribution is -2.36. The van der Waals surface area contributed by atoms with Gasteiger partial charge in [0.1, 0.15) is 5.75 Å². The van der Waals surface area contributed by atoms with E-state index in [1.165, 1.54) is 5.56 Å². The van der Waals surface area contributed by atoms with Gasteiger partial charge < -0.3 is 15.4 Å². The van der Waals surface area contributed by atoms with Crippen molar-refractivity contribution < 1.29 is 9.53 Å². The second-order valence-electron chi connectivity index (χ2n) is 5.21. The molecule has 0 spiro atoms.